The number of aromatic nitrogens is 3. The van der Waals surface area contributed by atoms with E-state index in [0.29, 0.717) is 16.9 Å². The molecule has 0 spiro atoms. The summed E-state index contributed by atoms with van der Waals surface area (Å²) in [5.41, 5.74) is 5.08. The van der Waals surface area contributed by atoms with Crippen molar-refractivity contribution in [3.05, 3.63) is 84.7 Å². The average Bonchev–Trinajstić information content (AvgIpc) is 3.39. The van der Waals surface area contributed by atoms with Crippen molar-refractivity contribution in [2.75, 3.05) is 10.6 Å². The molecule has 4 aliphatic carbocycles. The standard InChI is InChI=1S/C31H31N5O/c37-30(35-28-3-1-2-12-32-28)25-6-4-23(5-7-25)27-19-33-29(34-27)24-8-10-26(11-9-24)36-31-16-20-13-21(17-31)15-22(14-20)18-31/h1-12,19-22,36H,13-18H2,(H,33,34)(H,32,35,37). The average molecular weight is 490 g/mol. The molecule has 0 unspecified atom stereocenters. The number of amides is 1. The molecule has 4 aliphatic rings. The molecule has 186 valence electrons. The number of carbonyl (C=O) groups excluding carboxylic acids is 1. The van der Waals surface area contributed by atoms with E-state index in [-0.39, 0.29) is 5.91 Å². The number of hydrogen-bond donors (Lipinski definition) is 3. The first kappa shape index (κ1) is 22.3. The molecule has 2 aromatic heterocycles. The van der Waals surface area contributed by atoms with Crippen LogP contribution in [0.2, 0.25) is 0 Å². The molecule has 0 radical (unpaired) electrons. The summed E-state index contributed by atoms with van der Waals surface area (Å²) in [7, 11) is 0. The van der Waals surface area contributed by atoms with Crippen LogP contribution in [0.4, 0.5) is 11.5 Å². The van der Waals surface area contributed by atoms with Gasteiger partial charge in [-0.1, -0.05) is 18.2 Å². The SMILES string of the molecule is O=C(Nc1ccccn1)c1ccc(-c2cnc(-c3ccc(NC45CC6CC(CC(C6)C4)C5)cc3)[nH]2)cc1. The zero-order valence-electron chi connectivity index (χ0n) is 20.8. The molecule has 2 aromatic carbocycles. The maximum atomic E-state index is 12.5. The predicted molar refractivity (Wildman–Crippen MR) is 146 cm³/mol. The number of pyridine rings is 1. The van der Waals surface area contributed by atoms with Crippen molar-refractivity contribution in [1.82, 2.24) is 15.0 Å². The van der Waals surface area contributed by atoms with Gasteiger partial charge in [0.15, 0.2) is 0 Å². The van der Waals surface area contributed by atoms with Gasteiger partial charge in [-0.15, -0.1) is 0 Å². The van der Waals surface area contributed by atoms with Crippen LogP contribution in [0.25, 0.3) is 22.6 Å². The van der Waals surface area contributed by atoms with E-state index in [9.17, 15) is 4.79 Å². The second kappa shape index (κ2) is 8.87. The molecule has 6 heteroatoms. The van der Waals surface area contributed by atoms with Gasteiger partial charge < -0.3 is 15.6 Å². The minimum Gasteiger partial charge on any atom is -0.380 e. The highest BCUT2D eigenvalue weighted by molar-refractivity contribution is 6.03. The fourth-order valence-electron chi connectivity index (χ4n) is 7.32. The molecule has 37 heavy (non-hydrogen) atoms. The molecule has 3 N–H and O–H groups in total. The van der Waals surface area contributed by atoms with E-state index in [0.717, 1.165) is 40.4 Å². The Hall–Kier alpha value is -3.93. The molecule has 6 nitrogen and oxygen atoms in total. The molecular formula is C31H31N5O. The fourth-order valence-corrected chi connectivity index (χ4v) is 7.32. The second-order valence-corrected chi connectivity index (χ2v) is 11.3. The maximum Gasteiger partial charge on any atom is 0.256 e. The zero-order chi connectivity index (χ0) is 24.8. The van der Waals surface area contributed by atoms with E-state index in [1.165, 1.54) is 44.2 Å². The van der Waals surface area contributed by atoms with Gasteiger partial charge in [0.05, 0.1) is 11.9 Å². The van der Waals surface area contributed by atoms with E-state index in [1.807, 2.05) is 42.6 Å². The van der Waals surface area contributed by atoms with Crippen LogP contribution >= 0.6 is 0 Å². The lowest BCUT2D eigenvalue weighted by Crippen LogP contribution is -2.54. The Morgan fingerprint density at radius 3 is 2.14 bits per heavy atom. The summed E-state index contributed by atoms with van der Waals surface area (Å²) in [6, 6.07) is 21.6. The summed E-state index contributed by atoms with van der Waals surface area (Å²) in [6.45, 7) is 0. The Balaban J connectivity index is 1.02. The molecular weight excluding hydrogens is 458 g/mol. The first-order valence-electron chi connectivity index (χ1n) is 13.4. The number of imidazole rings is 1. The lowest BCUT2D eigenvalue weighted by atomic mass is 9.53. The third kappa shape index (κ3) is 4.41. The number of aromatic amines is 1. The lowest BCUT2D eigenvalue weighted by molar-refractivity contribution is 0.0107. The monoisotopic (exact) mass is 489 g/mol. The topological polar surface area (TPSA) is 82.7 Å². The fraction of sp³-hybridized carbons (Fsp3) is 0.323. The number of hydrogen-bond acceptors (Lipinski definition) is 4. The Bertz CT molecular complexity index is 1370. The Morgan fingerprint density at radius 2 is 1.49 bits per heavy atom. The van der Waals surface area contributed by atoms with Gasteiger partial charge in [0.2, 0.25) is 0 Å². The normalized spacial score (nSPS) is 25.7. The zero-order valence-corrected chi connectivity index (χ0v) is 20.8. The molecule has 8 rings (SSSR count). The third-order valence-corrected chi connectivity index (χ3v) is 8.55. The molecule has 0 aliphatic heterocycles. The number of nitrogens with zero attached hydrogens (tertiary/aromatic N) is 2. The van der Waals surface area contributed by atoms with Crippen LogP contribution in [-0.4, -0.2) is 26.4 Å². The van der Waals surface area contributed by atoms with Gasteiger partial charge in [0.1, 0.15) is 11.6 Å². The third-order valence-electron chi connectivity index (χ3n) is 8.55. The van der Waals surface area contributed by atoms with Crippen LogP contribution < -0.4 is 10.6 Å². The predicted octanol–water partition coefficient (Wildman–Crippen LogP) is 6.77. The Labute approximate surface area is 217 Å². The molecule has 4 aromatic rings. The van der Waals surface area contributed by atoms with Crippen molar-refractivity contribution in [1.29, 1.82) is 0 Å². The van der Waals surface area contributed by atoms with Gasteiger partial charge in [-0.25, -0.2) is 9.97 Å². The summed E-state index contributed by atoms with van der Waals surface area (Å²) in [4.78, 5) is 24.7. The molecule has 0 atom stereocenters. The van der Waals surface area contributed by atoms with Gasteiger partial charge >= 0.3 is 0 Å². The summed E-state index contributed by atoms with van der Waals surface area (Å²) in [6.07, 6.45) is 11.9. The largest absolute Gasteiger partial charge is 0.380 e. The highest BCUT2D eigenvalue weighted by Gasteiger charge is 2.50. The van der Waals surface area contributed by atoms with Crippen LogP contribution in [-0.2, 0) is 0 Å². The van der Waals surface area contributed by atoms with E-state index in [2.05, 4.69) is 49.9 Å². The number of H-pyrrole nitrogens is 1. The van der Waals surface area contributed by atoms with Crippen molar-refractivity contribution in [2.24, 2.45) is 17.8 Å². The van der Waals surface area contributed by atoms with Crippen molar-refractivity contribution in [3.63, 3.8) is 0 Å². The first-order chi connectivity index (χ1) is 18.1. The molecule has 4 saturated carbocycles. The maximum absolute atomic E-state index is 12.5. The minimum atomic E-state index is -0.183. The number of rotatable bonds is 6. The highest BCUT2D eigenvalue weighted by Crippen LogP contribution is 2.56. The number of benzene rings is 2. The summed E-state index contributed by atoms with van der Waals surface area (Å²) in [5, 5.41) is 6.77. The molecule has 1 amide bonds. The summed E-state index contributed by atoms with van der Waals surface area (Å²) >= 11 is 0. The van der Waals surface area contributed by atoms with Crippen LogP contribution in [0.15, 0.2) is 79.1 Å². The van der Waals surface area contributed by atoms with E-state index in [4.69, 9.17) is 0 Å². The van der Waals surface area contributed by atoms with Crippen LogP contribution in [0.5, 0.6) is 0 Å². The Morgan fingerprint density at radius 1 is 0.811 bits per heavy atom. The van der Waals surface area contributed by atoms with Crippen LogP contribution in [0.1, 0.15) is 48.9 Å². The second-order valence-electron chi connectivity index (χ2n) is 11.3. The van der Waals surface area contributed by atoms with Crippen molar-refractivity contribution < 1.29 is 4.79 Å². The molecule has 2 heterocycles. The lowest BCUT2D eigenvalue weighted by Gasteiger charge is -2.57. The first-order valence-corrected chi connectivity index (χ1v) is 13.4. The van der Waals surface area contributed by atoms with Gasteiger partial charge in [-0.05, 0) is 110 Å². The van der Waals surface area contributed by atoms with E-state index < -0.39 is 0 Å². The smallest absolute Gasteiger partial charge is 0.256 e. The Kier molecular flexibility index (Phi) is 5.34. The van der Waals surface area contributed by atoms with Crippen molar-refractivity contribution >= 4 is 17.4 Å². The van der Waals surface area contributed by atoms with Gasteiger partial charge in [-0.3, -0.25) is 4.79 Å². The molecule has 0 saturated heterocycles. The number of nitrogens with one attached hydrogen (secondary N) is 3. The van der Waals surface area contributed by atoms with Crippen LogP contribution in [0.3, 0.4) is 0 Å². The van der Waals surface area contributed by atoms with Gasteiger partial charge in [-0.2, -0.15) is 0 Å². The van der Waals surface area contributed by atoms with E-state index >= 15 is 0 Å². The van der Waals surface area contributed by atoms with E-state index in [1.54, 1.807) is 12.3 Å². The molecule has 4 fully saturated rings. The summed E-state index contributed by atoms with van der Waals surface area (Å²) in [5.74, 6) is 4.00. The summed E-state index contributed by atoms with van der Waals surface area (Å²) < 4.78 is 0. The quantitative estimate of drug-likeness (QED) is 0.279. The minimum absolute atomic E-state index is 0.183. The van der Waals surface area contributed by atoms with Crippen molar-refractivity contribution in [2.45, 2.75) is 44.1 Å². The highest BCUT2D eigenvalue weighted by atomic mass is 16.1. The van der Waals surface area contributed by atoms with Crippen LogP contribution in [0, 0.1) is 17.8 Å². The number of anilines is 2. The van der Waals surface area contributed by atoms with Gasteiger partial charge in [0, 0.05) is 28.6 Å². The van der Waals surface area contributed by atoms with Crippen molar-refractivity contribution in [3.8, 4) is 22.6 Å². The number of carbonyl (C=O) groups is 1. The molecule has 4 bridgehead atoms. The van der Waals surface area contributed by atoms with Gasteiger partial charge in [0.25, 0.3) is 5.91 Å².